The van der Waals surface area contributed by atoms with Crippen LogP contribution in [-0.2, 0) is 78.0 Å². The van der Waals surface area contributed by atoms with Gasteiger partial charge in [-0.15, -0.1) is 5.10 Å². The Labute approximate surface area is 505 Å². The number of amides is 8. The van der Waals surface area contributed by atoms with Crippen molar-refractivity contribution in [2.45, 2.75) is 177 Å². The van der Waals surface area contributed by atoms with Crippen LogP contribution in [0.2, 0.25) is 0 Å². The Bertz CT molecular complexity index is 2690. The number of unbranched alkanes of at least 4 members (excludes halogenated alkanes) is 5. The van der Waals surface area contributed by atoms with E-state index >= 15 is 0 Å². The number of alkyl carbamates (subject to hydrolysis) is 1. The maximum Gasteiger partial charge on any atom is 0.407 e. The van der Waals surface area contributed by atoms with Crippen molar-refractivity contribution in [3.05, 3.63) is 47.3 Å². The summed E-state index contributed by atoms with van der Waals surface area (Å²) in [6.07, 6.45) is 7.59. The zero-order valence-corrected chi connectivity index (χ0v) is 50.1. The number of nitrogens with two attached hydrogens (primary N) is 2. The first-order valence-corrected chi connectivity index (χ1v) is 31.5. The molecule has 0 bridgehead atoms. The average molecular weight is 1240 g/mol. The van der Waals surface area contributed by atoms with Gasteiger partial charge in [0.1, 0.15) is 24.2 Å². The van der Waals surface area contributed by atoms with E-state index in [0.717, 1.165) is 49.9 Å². The average Bonchev–Trinajstić information content (AvgIpc) is 1.83. The van der Waals surface area contributed by atoms with Gasteiger partial charge in [0.25, 0.3) is 0 Å². The number of likely N-dealkylation sites (tertiary alicyclic amines) is 1. The third-order valence-corrected chi connectivity index (χ3v) is 16.7. The molecule has 87 heavy (non-hydrogen) atoms. The highest BCUT2D eigenvalue weighted by molar-refractivity contribution is 7.32. The molecule has 8 amide bonds. The summed E-state index contributed by atoms with van der Waals surface area (Å²) in [5.74, 6) is -5.22. The van der Waals surface area contributed by atoms with Gasteiger partial charge in [-0.3, -0.25) is 48.3 Å². The van der Waals surface area contributed by atoms with Crippen molar-refractivity contribution >= 4 is 67.6 Å². The van der Waals surface area contributed by atoms with E-state index in [0.29, 0.717) is 88.5 Å². The number of guanidine groups is 1. The SMILES string of the molecule is N=C(N)NCCC[C@@H]1NC(=O)[C@H](CCCCNC(=O)[C@H](N)CCCCCn2nnc3c2CC[C@@H]2[C@H](CC3)[C@@H]2COC(=O)NCCCCCC(=O)N2C[C@H](O)C[C@H]2CO[PH](=O)O)NC(=O)[C@@H](Cc2ccccc2)NC(=O)[C@H](CC(=O)O)NC(=O)CNC1=O. The predicted octanol–water partition coefficient (Wildman–Crippen LogP) is -1.11. The summed E-state index contributed by atoms with van der Waals surface area (Å²) >= 11 is 0. The van der Waals surface area contributed by atoms with Gasteiger partial charge in [-0.1, -0.05) is 54.8 Å². The number of aliphatic carboxylic acids is 1. The highest BCUT2D eigenvalue weighted by Gasteiger charge is 2.50. The normalized spacial score (nSPS) is 24.1. The molecular weight excluding hydrogens is 1150 g/mol. The fraction of sp³-hybridized carbons (Fsp3) is 0.679. The van der Waals surface area contributed by atoms with Crippen molar-refractivity contribution in [2.24, 2.45) is 29.2 Å². The molecule has 0 radical (unpaired) electrons. The fourth-order valence-electron chi connectivity index (χ4n) is 11.5. The molecule has 6 rings (SSSR count). The lowest BCUT2D eigenvalue weighted by molar-refractivity contribution is -0.141. The number of aryl methyl sites for hydroxylation is 2. The number of carbonyl (C=O) groups excluding carboxylic acids is 8. The summed E-state index contributed by atoms with van der Waals surface area (Å²) in [6, 6.07) is 1.99. The van der Waals surface area contributed by atoms with Crippen molar-refractivity contribution in [2.75, 3.05) is 45.9 Å². The molecule has 16 N–H and O–H groups in total. The van der Waals surface area contributed by atoms with Gasteiger partial charge >= 0.3 is 20.3 Å². The highest BCUT2D eigenvalue weighted by Crippen LogP contribution is 2.53. The maximum absolute atomic E-state index is 14.1. The number of rotatable bonds is 31. The van der Waals surface area contributed by atoms with Crippen LogP contribution in [0.3, 0.4) is 0 Å². The highest BCUT2D eigenvalue weighted by atomic mass is 31.1. The summed E-state index contributed by atoms with van der Waals surface area (Å²) < 4.78 is 23.4. The topological polar surface area (TPSA) is 456 Å². The van der Waals surface area contributed by atoms with E-state index < -0.39 is 105 Å². The first kappa shape index (κ1) is 68.8. The molecule has 1 saturated carbocycles. The van der Waals surface area contributed by atoms with Crippen LogP contribution < -0.4 is 54.0 Å². The van der Waals surface area contributed by atoms with Gasteiger partial charge in [0.15, 0.2) is 5.96 Å². The quantitative estimate of drug-likeness (QED) is 0.0184. The van der Waals surface area contributed by atoms with Crippen molar-refractivity contribution in [1.82, 2.24) is 62.4 Å². The number of fused-ring (bicyclic) bond motifs is 2. The van der Waals surface area contributed by atoms with Crippen LogP contribution in [0.4, 0.5) is 4.79 Å². The molecule has 482 valence electrons. The fourth-order valence-corrected chi connectivity index (χ4v) is 11.9. The third-order valence-electron chi connectivity index (χ3n) is 16.3. The minimum absolute atomic E-state index is 0.0225. The molecular formula is C56H88N15O15P. The van der Waals surface area contributed by atoms with Gasteiger partial charge in [0, 0.05) is 45.6 Å². The van der Waals surface area contributed by atoms with E-state index in [9.17, 15) is 57.9 Å². The van der Waals surface area contributed by atoms with Gasteiger partial charge in [-0.05, 0) is 113 Å². The van der Waals surface area contributed by atoms with Crippen molar-refractivity contribution in [3.8, 4) is 0 Å². The van der Waals surface area contributed by atoms with Crippen molar-refractivity contribution in [3.63, 3.8) is 0 Å². The molecule has 11 atom stereocenters. The third kappa shape index (κ3) is 23.4. The zero-order valence-electron chi connectivity index (χ0n) is 49.1. The molecule has 2 aliphatic carbocycles. The minimum atomic E-state index is -3.13. The largest absolute Gasteiger partial charge is 0.481 e. The number of hydrogen-bond acceptors (Lipinski definition) is 17. The standard InChI is InChI=1S/C56H88N15O15P/c57-40(15-6-3-11-26-71-46-22-20-38-37(19-21-41(46)68-69-71)39(38)33-85-56(82)62-24-9-2-7-18-48(74)70-31-36(72)28-35(70)32-86-87(83)84)50(77)60-23-10-8-16-43-52(79)65-42(17-12-25-61-55(58)59)51(78)63-30-47(73)64-45(29-49(75)76)54(81)67-44(53(80)66-43)27-34-13-4-1-5-14-34/h1,4-5,13-14,35-40,42-45,72,87H,2-3,6-12,15-33,57H2,(H,60,77)(H,62,82)(H,63,78)(H,64,73)(H,65,79)(H,66,80)(H,67,81)(H,75,76)(H,83,84)(H4,58,59,61)/t35-,36+,37-,38+,39-,40+,42-,43-,44+,45-/m0/s1. The summed E-state index contributed by atoms with van der Waals surface area (Å²) in [7, 11) is -3.13. The summed E-state index contributed by atoms with van der Waals surface area (Å²) in [5.41, 5.74) is 14.4. The number of carboxylic acids is 1. The second-order valence-corrected chi connectivity index (χ2v) is 23.6. The molecule has 1 unspecified atom stereocenters. The maximum atomic E-state index is 14.1. The van der Waals surface area contributed by atoms with Crippen LogP contribution in [-0.4, -0.2) is 183 Å². The lowest BCUT2D eigenvalue weighted by Gasteiger charge is -2.26. The van der Waals surface area contributed by atoms with Crippen LogP contribution in [0.15, 0.2) is 30.3 Å². The lowest BCUT2D eigenvalue weighted by Crippen LogP contribution is -2.58. The van der Waals surface area contributed by atoms with E-state index in [2.05, 4.69) is 52.8 Å². The van der Waals surface area contributed by atoms with E-state index in [4.69, 9.17) is 31.0 Å². The van der Waals surface area contributed by atoms with Gasteiger partial charge in [0.05, 0.1) is 55.8 Å². The van der Waals surface area contributed by atoms with Crippen LogP contribution in [0, 0.1) is 23.2 Å². The van der Waals surface area contributed by atoms with E-state index in [1.165, 1.54) is 4.90 Å². The first-order valence-electron chi connectivity index (χ1n) is 30.3. The molecule has 0 spiro atoms. The lowest BCUT2D eigenvalue weighted by atomic mass is 10.0. The van der Waals surface area contributed by atoms with E-state index in [1.807, 2.05) is 4.68 Å². The Hall–Kier alpha value is -7.27. The van der Waals surface area contributed by atoms with Crippen molar-refractivity contribution in [1.29, 1.82) is 5.41 Å². The molecule has 3 heterocycles. The molecule has 4 aliphatic rings. The summed E-state index contributed by atoms with van der Waals surface area (Å²) in [5, 5.41) is 56.9. The van der Waals surface area contributed by atoms with Gasteiger partial charge in [0.2, 0.25) is 41.4 Å². The van der Waals surface area contributed by atoms with E-state index in [-0.39, 0.29) is 82.0 Å². The number of nitrogens with one attached hydrogen (secondary N) is 9. The summed E-state index contributed by atoms with van der Waals surface area (Å²) in [4.78, 5) is 129. The van der Waals surface area contributed by atoms with Crippen LogP contribution in [0.1, 0.15) is 126 Å². The smallest absolute Gasteiger partial charge is 0.407 e. The number of carbonyl (C=O) groups is 9. The van der Waals surface area contributed by atoms with Gasteiger partial charge in [-0.25, -0.2) is 9.48 Å². The molecule has 2 aromatic rings. The molecule has 2 aliphatic heterocycles. The molecule has 1 aromatic heterocycles. The predicted molar refractivity (Wildman–Crippen MR) is 314 cm³/mol. The Balaban J connectivity index is 0.893. The van der Waals surface area contributed by atoms with Crippen molar-refractivity contribution < 1.29 is 72.1 Å². The Kier molecular flexibility index (Phi) is 28.1. The van der Waals surface area contributed by atoms with Crippen LogP contribution >= 0.6 is 8.25 Å². The number of β-amino-alcohol motifs (C(OH)–C–C–N with tert-alkyl or cyclic N) is 1. The van der Waals surface area contributed by atoms with Gasteiger partial charge < -0.3 is 83.3 Å². The number of nitrogens with zero attached hydrogens (tertiary/aromatic N) is 4. The Morgan fingerprint density at radius 2 is 1.44 bits per heavy atom. The first-order chi connectivity index (χ1) is 41.8. The van der Waals surface area contributed by atoms with E-state index in [1.54, 1.807) is 30.3 Å². The number of aromatic nitrogens is 3. The zero-order chi connectivity index (χ0) is 62.8. The molecule has 30 nitrogen and oxygen atoms in total. The monoisotopic (exact) mass is 1240 g/mol. The summed E-state index contributed by atoms with van der Waals surface area (Å²) in [6.45, 7) is 1.19. The number of hydrogen-bond donors (Lipinski definition) is 14. The van der Waals surface area contributed by atoms with Crippen LogP contribution in [0.5, 0.6) is 0 Å². The number of benzene rings is 1. The second kappa shape index (κ2) is 35.5. The number of aliphatic hydroxyl groups excluding tert-OH is 1. The van der Waals surface area contributed by atoms with Crippen LogP contribution in [0.25, 0.3) is 0 Å². The minimum Gasteiger partial charge on any atom is -0.481 e. The number of ether oxygens (including phenoxy) is 1. The number of carboxylic acid groups (broad SMARTS) is 1. The Morgan fingerprint density at radius 1 is 0.782 bits per heavy atom. The Morgan fingerprint density at radius 3 is 2.17 bits per heavy atom. The molecule has 31 heteroatoms. The van der Waals surface area contributed by atoms with Gasteiger partial charge in [-0.2, -0.15) is 0 Å². The molecule has 3 fully saturated rings. The second-order valence-electron chi connectivity index (χ2n) is 22.8. The molecule has 1 aromatic carbocycles. The molecule has 2 saturated heterocycles. The number of aliphatic hydroxyl groups is 1.